The second-order valence-electron chi connectivity index (χ2n) is 4.90. The van der Waals surface area contributed by atoms with E-state index in [2.05, 4.69) is 5.32 Å². The first-order chi connectivity index (χ1) is 10.5. The van der Waals surface area contributed by atoms with Crippen LogP contribution in [-0.2, 0) is 9.59 Å². The molecule has 1 aromatic rings. The van der Waals surface area contributed by atoms with Crippen molar-refractivity contribution in [3.8, 4) is 0 Å². The van der Waals surface area contributed by atoms with E-state index >= 15 is 0 Å². The van der Waals surface area contributed by atoms with Gasteiger partial charge in [0, 0.05) is 25.9 Å². The minimum absolute atomic E-state index is 0.0637. The van der Waals surface area contributed by atoms with Gasteiger partial charge in [-0.15, -0.1) is 0 Å². The molecule has 0 spiro atoms. The van der Waals surface area contributed by atoms with Crippen LogP contribution < -0.4 is 5.32 Å². The van der Waals surface area contributed by atoms with E-state index in [-0.39, 0.29) is 50.1 Å². The molecule has 0 fully saturated rings. The predicted octanol–water partition coefficient (Wildman–Crippen LogP) is 0.654. The fourth-order valence-electron chi connectivity index (χ4n) is 2.24. The molecule has 1 aromatic carbocycles. The van der Waals surface area contributed by atoms with Gasteiger partial charge in [0.1, 0.15) is 0 Å². The van der Waals surface area contributed by atoms with Crippen LogP contribution in [0.4, 0.5) is 0 Å². The summed E-state index contributed by atoms with van der Waals surface area (Å²) >= 11 is 0. The minimum atomic E-state index is -0.946. The zero-order valence-corrected chi connectivity index (χ0v) is 11.9. The number of benzene rings is 1. The van der Waals surface area contributed by atoms with Crippen LogP contribution in [0.5, 0.6) is 0 Å². The van der Waals surface area contributed by atoms with E-state index in [4.69, 9.17) is 5.11 Å². The van der Waals surface area contributed by atoms with Gasteiger partial charge in [0.25, 0.3) is 11.8 Å². The van der Waals surface area contributed by atoms with Crippen LogP contribution in [0.1, 0.15) is 40.0 Å². The molecule has 3 amide bonds. The number of rotatable bonds is 7. The van der Waals surface area contributed by atoms with Gasteiger partial charge in [0.2, 0.25) is 5.91 Å². The molecule has 1 heterocycles. The molecule has 0 aromatic heterocycles. The third-order valence-corrected chi connectivity index (χ3v) is 3.33. The molecule has 0 atom stereocenters. The quantitative estimate of drug-likeness (QED) is 0.720. The van der Waals surface area contributed by atoms with Crippen molar-refractivity contribution in [2.24, 2.45) is 0 Å². The van der Waals surface area contributed by atoms with Gasteiger partial charge in [0.15, 0.2) is 0 Å². The molecule has 116 valence electrons. The summed E-state index contributed by atoms with van der Waals surface area (Å²) in [5.74, 6) is -1.96. The van der Waals surface area contributed by atoms with Crippen molar-refractivity contribution in [2.75, 3.05) is 13.1 Å². The summed E-state index contributed by atoms with van der Waals surface area (Å²) in [6, 6.07) is 6.58. The van der Waals surface area contributed by atoms with Gasteiger partial charge in [-0.3, -0.25) is 24.1 Å². The number of hydrogen-bond donors (Lipinski definition) is 2. The van der Waals surface area contributed by atoms with Crippen LogP contribution >= 0.6 is 0 Å². The zero-order valence-electron chi connectivity index (χ0n) is 11.9. The number of imide groups is 1. The van der Waals surface area contributed by atoms with Crippen LogP contribution in [0.2, 0.25) is 0 Å². The summed E-state index contributed by atoms with van der Waals surface area (Å²) in [7, 11) is 0. The van der Waals surface area contributed by atoms with E-state index in [0.717, 1.165) is 4.90 Å². The number of nitrogens with one attached hydrogen (secondary N) is 1. The minimum Gasteiger partial charge on any atom is -0.481 e. The first-order valence-electron chi connectivity index (χ1n) is 6.94. The Bertz CT molecular complexity index is 591. The number of amides is 3. The second-order valence-corrected chi connectivity index (χ2v) is 4.90. The molecule has 0 aliphatic carbocycles. The van der Waals surface area contributed by atoms with Gasteiger partial charge < -0.3 is 10.4 Å². The van der Waals surface area contributed by atoms with E-state index in [0.29, 0.717) is 11.1 Å². The molecule has 0 bridgehead atoms. The normalized spacial score (nSPS) is 13.2. The maximum Gasteiger partial charge on any atom is 0.303 e. The van der Waals surface area contributed by atoms with Crippen LogP contribution in [0.25, 0.3) is 0 Å². The number of carboxylic acids is 1. The highest BCUT2D eigenvalue weighted by atomic mass is 16.4. The number of carbonyl (C=O) groups is 4. The Morgan fingerprint density at radius 1 is 1.05 bits per heavy atom. The van der Waals surface area contributed by atoms with Gasteiger partial charge in [-0.1, -0.05) is 12.1 Å². The Kier molecular flexibility index (Phi) is 4.88. The number of aliphatic carboxylic acids is 1. The molecule has 2 N–H and O–H groups in total. The highest BCUT2D eigenvalue weighted by Crippen LogP contribution is 2.21. The lowest BCUT2D eigenvalue weighted by atomic mass is 10.1. The van der Waals surface area contributed by atoms with E-state index in [1.807, 2.05) is 0 Å². The van der Waals surface area contributed by atoms with E-state index in [1.54, 1.807) is 24.3 Å². The van der Waals surface area contributed by atoms with E-state index < -0.39 is 5.97 Å². The molecule has 0 radical (unpaired) electrons. The maximum atomic E-state index is 12.1. The standard InChI is InChI=1S/C15H16N2O5/c18-12(6-3-7-13(19)20)16-8-9-17-14(21)10-4-1-2-5-11(10)15(17)22/h1-2,4-5H,3,6-9H2,(H,16,18)(H,19,20). The van der Waals surface area contributed by atoms with Crippen molar-refractivity contribution in [3.63, 3.8) is 0 Å². The van der Waals surface area contributed by atoms with Gasteiger partial charge in [-0.05, 0) is 18.6 Å². The van der Waals surface area contributed by atoms with Crippen molar-refractivity contribution in [1.82, 2.24) is 10.2 Å². The summed E-state index contributed by atoms with van der Waals surface area (Å²) in [6.45, 7) is 0.244. The monoisotopic (exact) mass is 304 g/mol. The molecule has 0 unspecified atom stereocenters. The molecule has 7 heteroatoms. The average Bonchev–Trinajstić information content (AvgIpc) is 2.72. The van der Waals surface area contributed by atoms with Crippen molar-refractivity contribution in [1.29, 1.82) is 0 Å². The van der Waals surface area contributed by atoms with E-state index in [1.165, 1.54) is 0 Å². The number of hydrogen-bond acceptors (Lipinski definition) is 4. The maximum absolute atomic E-state index is 12.1. The smallest absolute Gasteiger partial charge is 0.303 e. The Morgan fingerprint density at radius 2 is 1.64 bits per heavy atom. The Hall–Kier alpha value is -2.70. The molecule has 0 saturated heterocycles. The first-order valence-corrected chi connectivity index (χ1v) is 6.94. The molecule has 1 aliphatic rings. The fourth-order valence-corrected chi connectivity index (χ4v) is 2.24. The lowest BCUT2D eigenvalue weighted by Crippen LogP contribution is -2.38. The topological polar surface area (TPSA) is 104 Å². The third-order valence-electron chi connectivity index (χ3n) is 3.33. The van der Waals surface area contributed by atoms with Crippen molar-refractivity contribution in [3.05, 3.63) is 35.4 Å². The van der Waals surface area contributed by atoms with Gasteiger partial charge in [-0.25, -0.2) is 0 Å². The van der Waals surface area contributed by atoms with Crippen LogP contribution in [-0.4, -0.2) is 46.8 Å². The van der Waals surface area contributed by atoms with Crippen molar-refractivity contribution >= 4 is 23.7 Å². The molecule has 22 heavy (non-hydrogen) atoms. The average molecular weight is 304 g/mol. The highest BCUT2D eigenvalue weighted by Gasteiger charge is 2.34. The van der Waals surface area contributed by atoms with Gasteiger partial charge in [-0.2, -0.15) is 0 Å². The fraction of sp³-hybridized carbons (Fsp3) is 0.333. The number of nitrogens with zero attached hydrogens (tertiary/aromatic N) is 1. The van der Waals surface area contributed by atoms with Crippen LogP contribution in [0.3, 0.4) is 0 Å². The summed E-state index contributed by atoms with van der Waals surface area (Å²) in [5.41, 5.74) is 0.751. The first kappa shape index (κ1) is 15.7. The Balaban J connectivity index is 1.79. The van der Waals surface area contributed by atoms with Gasteiger partial charge in [0.05, 0.1) is 11.1 Å². The van der Waals surface area contributed by atoms with Crippen LogP contribution in [0.15, 0.2) is 24.3 Å². The number of carboxylic acid groups (broad SMARTS) is 1. The summed E-state index contributed by atoms with van der Waals surface area (Å²) in [6.07, 6.45) is 0.300. The number of fused-ring (bicyclic) bond motifs is 1. The lowest BCUT2D eigenvalue weighted by molar-refractivity contribution is -0.137. The van der Waals surface area contributed by atoms with E-state index in [9.17, 15) is 19.2 Å². The van der Waals surface area contributed by atoms with Gasteiger partial charge >= 0.3 is 5.97 Å². The largest absolute Gasteiger partial charge is 0.481 e. The predicted molar refractivity (Wildman–Crippen MR) is 76.3 cm³/mol. The summed E-state index contributed by atoms with van der Waals surface area (Å²) in [5, 5.41) is 11.0. The van der Waals surface area contributed by atoms with Crippen LogP contribution in [0, 0.1) is 0 Å². The molecular formula is C15H16N2O5. The molecule has 2 rings (SSSR count). The zero-order chi connectivity index (χ0) is 16.1. The third kappa shape index (κ3) is 3.49. The number of carbonyl (C=O) groups excluding carboxylic acids is 3. The Labute approximate surface area is 126 Å². The van der Waals surface area contributed by atoms with Crippen molar-refractivity contribution < 1.29 is 24.3 Å². The molecular weight excluding hydrogens is 288 g/mol. The lowest BCUT2D eigenvalue weighted by Gasteiger charge is -2.14. The molecule has 1 aliphatic heterocycles. The highest BCUT2D eigenvalue weighted by molar-refractivity contribution is 6.21. The SMILES string of the molecule is O=C(O)CCCC(=O)NCCN1C(=O)c2ccccc2C1=O. The molecule has 0 saturated carbocycles. The van der Waals surface area contributed by atoms with Crippen molar-refractivity contribution in [2.45, 2.75) is 19.3 Å². The summed E-state index contributed by atoms with van der Waals surface area (Å²) in [4.78, 5) is 47.0. The second kappa shape index (κ2) is 6.84. The summed E-state index contributed by atoms with van der Waals surface area (Å²) < 4.78 is 0. The Morgan fingerprint density at radius 3 is 2.18 bits per heavy atom. The molecule has 7 nitrogen and oxygen atoms in total.